The second-order valence-corrected chi connectivity index (χ2v) is 7.17. The van der Waals surface area contributed by atoms with Crippen LogP contribution in [0.15, 0.2) is 46.0 Å². The van der Waals surface area contributed by atoms with Crippen molar-refractivity contribution < 1.29 is 13.2 Å². The van der Waals surface area contributed by atoms with E-state index >= 15 is 0 Å². The molecule has 2 rings (SSSR count). The van der Waals surface area contributed by atoms with Crippen LogP contribution in [0.25, 0.3) is 0 Å². The standard InChI is InChI=1S/C14H17NO3S2/c1-3-18-13-8-6-12(7-9-13)11(2)15-20(16,17)14-5-4-10-19-14/h4-11,15H,3H2,1-2H3/t11-/m1/s1. The van der Waals surface area contributed by atoms with Gasteiger partial charge in [-0.3, -0.25) is 0 Å². The van der Waals surface area contributed by atoms with Gasteiger partial charge in [-0.1, -0.05) is 18.2 Å². The van der Waals surface area contributed by atoms with E-state index in [1.807, 2.05) is 38.1 Å². The van der Waals surface area contributed by atoms with Gasteiger partial charge in [-0.2, -0.15) is 0 Å². The fraction of sp³-hybridized carbons (Fsp3) is 0.286. The van der Waals surface area contributed by atoms with Crippen LogP contribution < -0.4 is 9.46 Å². The van der Waals surface area contributed by atoms with Gasteiger partial charge in [-0.05, 0) is 43.0 Å². The Kier molecular flexibility index (Phi) is 4.80. The van der Waals surface area contributed by atoms with E-state index in [1.165, 1.54) is 11.3 Å². The fourth-order valence-electron chi connectivity index (χ4n) is 1.79. The maximum absolute atomic E-state index is 12.1. The summed E-state index contributed by atoms with van der Waals surface area (Å²) in [6.07, 6.45) is 0. The fourth-order valence-corrected chi connectivity index (χ4v) is 4.04. The molecule has 108 valence electrons. The van der Waals surface area contributed by atoms with E-state index < -0.39 is 10.0 Å². The van der Waals surface area contributed by atoms with E-state index in [0.29, 0.717) is 10.8 Å². The highest BCUT2D eigenvalue weighted by Gasteiger charge is 2.19. The van der Waals surface area contributed by atoms with E-state index in [-0.39, 0.29) is 6.04 Å². The minimum atomic E-state index is -3.45. The Balaban J connectivity index is 2.10. The molecule has 0 aliphatic carbocycles. The third kappa shape index (κ3) is 3.59. The average molecular weight is 311 g/mol. The highest BCUT2D eigenvalue weighted by molar-refractivity contribution is 7.91. The van der Waals surface area contributed by atoms with Gasteiger partial charge in [0.25, 0.3) is 10.0 Å². The first kappa shape index (κ1) is 15.0. The zero-order valence-electron chi connectivity index (χ0n) is 11.4. The number of ether oxygens (including phenoxy) is 1. The van der Waals surface area contributed by atoms with Gasteiger partial charge in [-0.15, -0.1) is 11.3 Å². The van der Waals surface area contributed by atoms with Crippen molar-refractivity contribution in [3.8, 4) is 5.75 Å². The van der Waals surface area contributed by atoms with Gasteiger partial charge in [0.1, 0.15) is 9.96 Å². The maximum atomic E-state index is 12.1. The zero-order chi connectivity index (χ0) is 14.6. The predicted molar refractivity (Wildman–Crippen MR) is 80.7 cm³/mol. The summed E-state index contributed by atoms with van der Waals surface area (Å²) in [6.45, 7) is 4.35. The van der Waals surface area contributed by atoms with Gasteiger partial charge in [0, 0.05) is 6.04 Å². The molecule has 4 nitrogen and oxygen atoms in total. The van der Waals surface area contributed by atoms with Crippen LogP contribution in [0.5, 0.6) is 5.75 Å². The van der Waals surface area contributed by atoms with Crippen molar-refractivity contribution >= 4 is 21.4 Å². The third-order valence-electron chi connectivity index (χ3n) is 2.78. The second-order valence-electron chi connectivity index (χ2n) is 4.28. The van der Waals surface area contributed by atoms with E-state index in [1.54, 1.807) is 17.5 Å². The van der Waals surface area contributed by atoms with Crippen molar-refractivity contribution in [1.29, 1.82) is 0 Å². The molecule has 1 aromatic heterocycles. The molecule has 0 bridgehead atoms. The Morgan fingerprint density at radius 1 is 1.25 bits per heavy atom. The number of benzene rings is 1. The minimum absolute atomic E-state index is 0.294. The first-order valence-corrected chi connectivity index (χ1v) is 8.68. The topological polar surface area (TPSA) is 55.4 Å². The smallest absolute Gasteiger partial charge is 0.250 e. The molecule has 6 heteroatoms. The Bertz CT molecular complexity index is 634. The summed E-state index contributed by atoms with van der Waals surface area (Å²) in [6, 6.07) is 10.4. The van der Waals surface area contributed by atoms with E-state index in [2.05, 4.69) is 4.72 Å². The number of hydrogen-bond acceptors (Lipinski definition) is 4. The van der Waals surface area contributed by atoms with Crippen molar-refractivity contribution in [3.05, 3.63) is 47.3 Å². The molecule has 0 amide bonds. The molecule has 0 aliphatic rings. The van der Waals surface area contributed by atoms with E-state index in [0.717, 1.165) is 11.3 Å². The molecule has 0 spiro atoms. The first-order valence-electron chi connectivity index (χ1n) is 6.31. The Morgan fingerprint density at radius 2 is 1.95 bits per heavy atom. The number of rotatable bonds is 6. The monoisotopic (exact) mass is 311 g/mol. The van der Waals surface area contributed by atoms with Crippen LogP contribution >= 0.6 is 11.3 Å². The van der Waals surface area contributed by atoms with Crippen molar-refractivity contribution in [2.24, 2.45) is 0 Å². The van der Waals surface area contributed by atoms with Gasteiger partial charge in [0.15, 0.2) is 0 Å². The molecule has 1 heterocycles. The number of thiophene rings is 1. The van der Waals surface area contributed by atoms with Crippen LogP contribution in [0.2, 0.25) is 0 Å². The highest BCUT2D eigenvalue weighted by atomic mass is 32.2. The Hall–Kier alpha value is -1.37. The van der Waals surface area contributed by atoms with Gasteiger partial charge in [-0.25, -0.2) is 13.1 Å². The van der Waals surface area contributed by atoms with Gasteiger partial charge in [0.2, 0.25) is 0 Å². The van der Waals surface area contributed by atoms with Crippen molar-refractivity contribution in [3.63, 3.8) is 0 Å². The summed E-state index contributed by atoms with van der Waals surface area (Å²) >= 11 is 1.21. The molecule has 0 unspecified atom stereocenters. The number of hydrogen-bond donors (Lipinski definition) is 1. The summed E-state index contributed by atoms with van der Waals surface area (Å²) in [7, 11) is -3.45. The summed E-state index contributed by atoms with van der Waals surface area (Å²) in [5.74, 6) is 0.782. The maximum Gasteiger partial charge on any atom is 0.250 e. The van der Waals surface area contributed by atoms with Crippen LogP contribution in [0.1, 0.15) is 25.5 Å². The van der Waals surface area contributed by atoms with Crippen molar-refractivity contribution in [1.82, 2.24) is 4.72 Å². The lowest BCUT2D eigenvalue weighted by Gasteiger charge is -2.14. The van der Waals surface area contributed by atoms with Gasteiger partial charge >= 0.3 is 0 Å². The van der Waals surface area contributed by atoms with Gasteiger partial charge in [0.05, 0.1) is 6.61 Å². The minimum Gasteiger partial charge on any atom is -0.494 e. The lowest BCUT2D eigenvalue weighted by molar-refractivity contribution is 0.340. The van der Waals surface area contributed by atoms with Crippen LogP contribution in [0.4, 0.5) is 0 Å². The van der Waals surface area contributed by atoms with Crippen molar-refractivity contribution in [2.75, 3.05) is 6.61 Å². The Labute approximate surface area is 123 Å². The summed E-state index contributed by atoms with van der Waals surface area (Å²) in [5.41, 5.74) is 0.897. The highest BCUT2D eigenvalue weighted by Crippen LogP contribution is 2.21. The third-order valence-corrected chi connectivity index (χ3v) is 5.72. The molecule has 0 aliphatic heterocycles. The predicted octanol–water partition coefficient (Wildman–Crippen LogP) is 3.19. The molecular formula is C14H17NO3S2. The lowest BCUT2D eigenvalue weighted by Crippen LogP contribution is -2.26. The molecule has 1 N–H and O–H groups in total. The number of sulfonamides is 1. The molecule has 0 fully saturated rings. The lowest BCUT2D eigenvalue weighted by atomic mass is 10.1. The molecule has 2 aromatic rings. The van der Waals surface area contributed by atoms with Crippen molar-refractivity contribution in [2.45, 2.75) is 24.1 Å². The molecular weight excluding hydrogens is 294 g/mol. The molecule has 0 radical (unpaired) electrons. The van der Waals surface area contributed by atoms with Crippen LogP contribution in [-0.2, 0) is 10.0 Å². The summed E-state index contributed by atoms with van der Waals surface area (Å²) in [5, 5.41) is 1.75. The molecule has 1 atom stereocenters. The van der Waals surface area contributed by atoms with Crippen LogP contribution in [-0.4, -0.2) is 15.0 Å². The SMILES string of the molecule is CCOc1ccc([C@@H](C)NS(=O)(=O)c2cccs2)cc1. The largest absolute Gasteiger partial charge is 0.494 e. The zero-order valence-corrected chi connectivity index (χ0v) is 13.0. The molecule has 0 saturated heterocycles. The van der Waals surface area contributed by atoms with Crippen LogP contribution in [0.3, 0.4) is 0 Å². The second kappa shape index (κ2) is 6.39. The first-order chi connectivity index (χ1) is 9.53. The Morgan fingerprint density at radius 3 is 2.50 bits per heavy atom. The normalized spacial score (nSPS) is 13.1. The van der Waals surface area contributed by atoms with Crippen LogP contribution in [0, 0.1) is 0 Å². The number of nitrogens with one attached hydrogen (secondary N) is 1. The average Bonchev–Trinajstić information content (AvgIpc) is 2.94. The van der Waals surface area contributed by atoms with E-state index in [9.17, 15) is 8.42 Å². The molecule has 20 heavy (non-hydrogen) atoms. The summed E-state index contributed by atoms with van der Waals surface area (Å²) < 4.78 is 32.6. The molecule has 1 aromatic carbocycles. The summed E-state index contributed by atoms with van der Waals surface area (Å²) in [4.78, 5) is 0. The van der Waals surface area contributed by atoms with E-state index in [4.69, 9.17) is 4.74 Å². The molecule has 0 saturated carbocycles. The van der Waals surface area contributed by atoms with Gasteiger partial charge < -0.3 is 4.74 Å². The quantitative estimate of drug-likeness (QED) is 0.891.